The van der Waals surface area contributed by atoms with Crippen LogP contribution in [0.2, 0.25) is 0 Å². The summed E-state index contributed by atoms with van der Waals surface area (Å²) in [7, 11) is 0. The van der Waals surface area contributed by atoms with Crippen LogP contribution >= 0.6 is 0 Å². The van der Waals surface area contributed by atoms with Crippen molar-refractivity contribution in [1.82, 2.24) is 0 Å². The van der Waals surface area contributed by atoms with E-state index in [1.807, 2.05) is 0 Å². The summed E-state index contributed by atoms with van der Waals surface area (Å²) in [4.78, 5) is 18.1. The van der Waals surface area contributed by atoms with Gasteiger partial charge in [0.1, 0.15) is 0 Å². The van der Waals surface area contributed by atoms with E-state index < -0.39 is 14.3 Å². The summed E-state index contributed by atoms with van der Waals surface area (Å²) in [6.07, 6.45) is 0. The molecule has 0 aliphatic carbocycles. The van der Waals surface area contributed by atoms with E-state index in [4.69, 9.17) is 9.59 Å². The molecule has 2 nitrogen and oxygen atoms in total. The van der Waals surface area contributed by atoms with Gasteiger partial charge < -0.3 is 0 Å². The first-order valence-corrected chi connectivity index (χ1v) is 2.09. The van der Waals surface area contributed by atoms with Crippen LogP contribution in [0.5, 0.6) is 0 Å². The van der Waals surface area contributed by atoms with Crippen LogP contribution in [0.3, 0.4) is 0 Å². The van der Waals surface area contributed by atoms with Gasteiger partial charge in [0.25, 0.3) is 0 Å². The molecule has 0 spiro atoms. The number of hydrogen-bond donors (Lipinski definition) is 0. The fourth-order valence-electron chi connectivity index (χ4n) is 0.0170. The maximum absolute atomic E-state index is 9.05. The van der Waals surface area contributed by atoms with Crippen molar-refractivity contribution in [1.29, 1.82) is 0 Å². The van der Waals surface area contributed by atoms with Crippen LogP contribution in [-0.2, 0) is 23.9 Å². The average molecular weight is 108 g/mol. The van der Waals surface area contributed by atoms with Crippen molar-refractivity contribution in [3.8, 4) is 0 Å². The first kappa shape index (κ1) is 4.69. The second-order valence-electron chi connectivity index (χ2n) is 0.269. The molecule has 0 unspecified atom stereocenters. The molecule has 0 aliphatic rings. The SMILES string of the molecule is O=[C]=[Cr]=[C]=O. The third-order valence-corrected chi connectivity index (χ3v) is 0.344. The van der Waals surface area contributed by atoms with Crippen molar-refractivity contribution in [2.24, 2.45) is 0 Å². The summed E-state index contributed by atoms with van der Waals surface area (Å²) in [6, 6.07) is 0. The van der Waals surface area contributed by atoms with Crippen molar-refractivity contribution < 1.29 is 23.9 Å². The number of rotatable bonds is 0. The van der Waals surface area contributed by atoms with Gasteiger partial charge in [-0.1, -0.05) is 0 Å². The molecule has 0 N–H and O–H groups in total. The van der Waals surface area contributed by atoms with Gasteiger partial charge in [-0.2, -0.15) is 0 Å². The van der Waals surface area contributed by atoms with E-state index >= 15 is 0 Å². The standard InChI is InChI=1S/2CO.Cr/c2*1-2;. The van der Waals surface area contributed by atoms with Crippen LogP contribution in [0.1, 0.15) is 0 Å². The Balaban J connectivity index is 4.38. The molecule has 0 saturated heterocycles. The molecule has 0 fully saturated rings. The van der Waals surface area contributed by atoms with Gasteiger partial charge in [-0.3, -0.25) is 0 Å². The summed E-state index contributed by atoms with van der Waals surface area (Å²) < 4.78 is 2.81. The van der Waals surface area contributed by atoms with Crippen LogP contribution in [0.15, 0.2) is 0 Å². The molecule has 0 atom stereocenters. The van der Waals surface area contributed by atoms with Gasteiger partial charge in [-0.15, -0.1) is 0 Å². The molecule has 0 aromatic rings. The van der Waals surface area contributed by atoms with Crippen LogP contribution < -0.4 is 0 Å². The second-order valence-corrected chi connectivity index (χ2v) is 1.11. The van der Waals surface area contributed by atoms with Crippen molar-refractivity contribution in [3.63, 3.8) is 0 Å². The zero-order chi connectivity index (χ0) is 4.12. The van der Waals surface area contributed by atoms with Crippen molar-refractivity contribution in [3.05, 3.63) is 0 Å². The third kappa shape index (κ3) is 3.69. The van der Waals surface area contributed by atoms with Crippen molar-refractivity contribution in [2.75, 3.05) is 0 Å². The summed E-state index contributed by atoms with van der Waals surface area (Å²) in [5.74, 6) is 0. The Morgan fingerprint density at radius 1 is 1.20 bits per heavy atom. The van der Waals surface area contributed by atoms with E-state index in [2.05, 4.69) is 0 Å². The third-order valence-electron chi connectivity index (χ3n) is 0.0833. The second kappa shape index (κ2) is 3.69. The normalized spacial score (nSPS) is 4.00. The summed E-state index contributed by atoms with van der Waals surface area (Å²) in [5.41, 5.74) is 0. The minimum absolute atomic E-state index is 0.653. The van der Waals surface area contributed by atoms with E-state index in [0.29, 0.717) is 0 Å². The monoisotopic (exact) mass is 108 g/mol. The van der Waals surface area contributed by atoms with Crippen LogP contribution in [0.4, 0.5) is 0 Å². The van der Waals surface area contributed by atoms with E-state index in [0.717, 1.165) is 0 Å². The van der Waals surface area contributed by atoms with E-state index in [1.165, 1.54) is 9.50 Å². The molecule has 0 amide bonds. The molecule has 0 radical (unpaired) electrons. The topological polar surface area (TPSA) is 34.1 Å². The molecular weight excluding hydrogens is 108 g/mol. The van der Waals surface area contributed by atoms with E-state index in [9.17, 15) is 0 Å². The Kier molecular flexibility index (Phi) is 3.47. The first-order valence-electron chi connectivity index (χ1n) is 0.816. The van der Waals surface area contributed by atoms with Gasteiger partial charge in [-0.05, 0) is 0 Å². The molecule has 3 heteroatoms. The Morgan fingerprint density at radius 3 is 1.60 bits per heavy atom. The molecule has 0 aromatic carbocycles. The zero-order valence-corrected chi connectivity index (χ0v) is 3.50. The molecule has 0 aliphatic heterocycles. The van der Waals surface area contributed by atoms with E-state index in [1.54, 1.807) is 0 Å². The molecule has 26 valence electrons. The quantitative estimate of drug-likeness (QED) is 0.407. The number of hydrogen-bond acceptors (Lipinski definition) is 2. The predicted octanol–water partition coefficient (Wildman–Crippen LogP) is -0.797. The molecule has 0 bridgehead atoms. The van der Waals surface area contributed by atoms with Crippen LogP contribution in [-0.4, -0.2) is 9.50 Å². The van der Waals surface area contributed by atoms with Gasteiger partial charge in [0.2, 0.25) is 0 Å². The van der Waals surface area contributed by atoms with Crippen molar-refractivity contribution in [2.45, 2.75) is 0 Å². The predicted molar refractivity (Wildman–Crippen MR) is 11.4 cm³/mol. The number of carbonyl (C=O) groups excluding carboxylic acids is 2. The van der Waals surface area contributed by atoms with Gasteiger partial charge in [0.15, 0.2) is 0 Å². The Labute approximate surface area is 34.2 Å². The minimum atomic E-state index is -0.653. The average Bonchev–Trinajstić information content (AvgIpc) is 1.41. The fraction of sp³-hybridized carbons (Fsp3) is 0. The molecule has 0 rings (SSSR count). The van der Waals surface area contributed by atoms with Crippen LogP contribution in [0.25, 0.3) is 0 Å². The summed E-state index contributed by atoms with van der Waals surface area (Å²) in [5, 5.41) is 0. The molecule has 0 aromatic heterocycles. The molecule has 0 saturated carbocycles. The summed E-state index contributed by atoms with van der Waals surface area (Å²) in [6.45, 7) is 0. The summed E-state index contributed by atoms with van der Waals surface area (Å²) >= 11 is -0.653. The van der Waals surface area contributed by atoms with Gasteiger partial charge >= 0.3 is 33.4 Å². The van der Waals surface area contributed by atoms with Gasteiger partial charge in [0.05, 0.1) is 0 Å². The fourth-order valence-corrected chi connectivity index (χ4v) is 0.0701. The maximum atomic E-state index is 9.05. The van der Waals surface area contributed by atoms with Crippen molar-refractivity contribution >= 4 is 9.50 Å². The molecular formula is C2CrO2. The van der Waals surface area contributed by atoms with Gasteiger partial charge in [-0.25, -0.2) is 0 Å². The van der Waals surface area contributed by atoms with E-state index in [-0.39, 0.29) is 0 Å². The Bertz CT molecular complexity index is 99.6. The van der Waals surface area contributed by atoms with Gasteiger partial charge in [0, 0.05) is 0 Å². The Morgan fingerprint density at radius 2 is 1.60 bits per heavy atom. The van der Waals surface area contributed by atoms with Crippen LogP contribution in [0, 0.1) is 0 Å². The molecule has 5 heavy (non-hydrogen) atoms. The first-order chi connectivity index (χ1) is 2.41. The Hall–Kier alpha value is -0.308. The molecule has 0 heterocycles. The zero-order valence-electron chi connectivity index (χ0n) is 2.22.